The zero-order chi connectivity index (χ0) is 31.6. The molecule has 0 spiro atoms. The normalized spacial score (nSPS) is 25.6. The number of aromatic nitrogens is 4. The minimum absolute atomic E-state index is 0.0449. The summed E-state index contributed by atoms with van der Waals surface area (Å²) in [6, 6.07) is 18.8. The number of nitrogens with one attached hydrogen (secondary N) is 1. The Morgan fingerprint density at radius 1 is 1.04 bits per heavy atom. The summed E-state index contributed by atoms with van der Waals surface area (Å²) in [5, 5.41) is 5.44. The van der Waals surface area contributed by atoms with Crippen molar-refractivity contribution >= 4 is 49.5 Å². The van der Waals surface area contributed by atoms with Gasteiger partial charge in [0.25, 0.3) is 0 Å². The molecular weight excluding hydrogens is 632 g/mol. The third kappa shape index (κ3) is 5.22. The Labute approximate surface area is 271 Å². The van der Waals surface area contributed by atoms with Crippen LogP contribution in [0.5, 0.6) is 5.75 Å². The molecule has 1 saturated carbocycles. The fraction of sp³-hybridized carbons (Fsp3) is 0.400. The second kappa shape index (κ2) is 11.0. The number of aryl methyl sites for hydroxylation is 1. The second-order valence-corrected chi connectivity index (χ2v) is 14.1. The summed E-state index contributed by atoms with van der Waals surface area (Å²) in [5.74, 6) is 1.46. The van der Waals surface area contributed by atoms with Crippen molar-refractivity contribution in [2.45, 2.75) is 77.0 Å². The molecule has 1 aliphatic heterocycles. The van der Waals surface area contributed by atoms with Gasteiger partial charge in [-0.3, -0.25) is 0 Å². The first-order chi connectivity index (χ1) is 21.5. The molecule has 45 heavy (non-hydrogen) atoms. The summed E-state index contributed by atoms with van der Waals surface area (Å²) < 4.78 is 21.9. The van der Waals surface area contributed by atoms with Crippen LogP contribution in [0.2, 0.25) is 0 Å². The highest BCUT2D eigenvalue weighted by Crippen LogP contribution is 2.62. The van der Waals surface area contributed by atoms with Gasteiger partial charge >= 0.3 is 0 Å². The lowest BCUT2D eigenvalue weighted by Gasteiger charge is -2.40. The summed E-state index contributed by atoms with van der Waals surface area (Å²) in [5.41, 5.74) is 9.71. The van der Waals surface area contributed by atoms with Crippen LogP contribution in [-0.4, -0.2) is 44.1 Å². The van der Waals surface area contributed by atoms with E-state index in [1.54, 1.807) is 7.11 Å². The quantitative estimate of drug-likeness (QED) is 0.175. The molecule has 7 rings (SSSR count). The molecule has 2 fully saturated rings. The van der Waals surface area contributed by atoms with E-state index in [0.717, 1.165) is 62.8 Å². The first kappa shape index (κ1) is 30.0. The van der Waals surface area contributed by atoms with Gasteiger partial charge in [-0.15, -0.1) is 0 Å². The Hall–Kier alpha value is -3.73. The molecule has 4 atom stereocenters. The van der Waals surface area contributed by atoms with Gasteiger partial charge in [0.15, 0.2) is 5.79 Å². The summed E-state index contributed by atoms with van der Waals surface area (Å²) in [6.45, 7) is 9.25. The average Bonchev–Trinajstić information content (AvgIpc) is 3.62. The number of anilines is 2. The lowest BCUT2D eigenvalue weighted by molar-refractivity contribution is -0.190. The molecule has 0 bridgehead atoms. The molecule has 1 saturated heterocycles. The van der Waals surface area contributed by atoms with E-state index in [9.17, 15) is 0 Å². The van der Waals surface area contributed by atoms with Crippen LogP contribution in [0.3, 0.4) is 0 Å². The average molecular weight is 672 g/mol. The van der Waals surface area contributed by atoms with E-state index in [2.05, 4.69) is 92.2 Å². The Bertz CT molecular complexity index is 1890. The summed E-state index contributed by atoms with van der Waals surface area (Å²) in [4.78, 5) is 13.8. The van der Waals surface area contributed by atoms with Gasteiger partial charge in [0.05, 0.1) is 28.5 Å². The predicted molar refractivity (Wildman–Crippen MR) is 180 cm³/mol. The molecule has 9 nitrogen and oxygen atoms in total. The molecule has 2 aromatic carbocycles. The topological polar surface area (TPSA) is 109 Å². The molecular formula is C35H39BrN6O3. The van der Waals surface area contributed by atoms with Crippen molar-refractivity contribution < 1.29 is 14.2 Å². The number of nitrogens with two attached hydrogens (primary N) is 1. The van der Waals surface area contributed by atoms with E-state index >= 15 is 0 Å². The number of nitrogen functional groups attached to an aromatic ring is 1. The zero-order valence-corrected chi connectivity index (χ0v) is 27.9. The number of methoxy groups -OCH3 is 1. The van der Waals surface area contributed by atoms with Crippen molar-refractivity contribution in [2.75, 3.05) is 18.2 Å². The molecule has 4 heterocycles. The third-order valence-corrected chi connectivity index (χ3v) is 10.5. The van der Waals surface area contributed by atoms with E-state index < -0.39 is 11.4 Å². The molecule has 2 aliphatic rings. The van der Waals surface area contributed by atoms with Crippen LogP contribution in [0.15, 0.2) is 71.6 Å². The van der Waals surface area contributed by atoms with Crippen LogP contribution in [0, 0.1) is 5.41 Å². The Morgan fingerprint density at radius 3 is 2.60 bits per heavy atom. The van der Waals surface area contributed by atoms with E-state index in [4.69, 9.17) is 24.9 Å². The van der Waals surface area contributed by atoms with Gasteiger partial charge in [0.2, 0.25) is 0 Å². The van der Waals surface area contributed by atoms with Crippen molar-refractivity contribution in [1.82, 2.24) is 19.5 Å². The third-order valence-electron chi connectivity index (χ3n) is 9.94. The van der Waals surface area contributed by atoms with Crippen molar-refractivity contribution in [1.29, 1.82) is 0 Å². The van der Waals surface area contributed by atoms with Crippen molar-refractivity contribution in [2.24, 2.45) is 5.41 Å². The Morgan fingerprint density at radius 2 is 1.82 bits per heavy atom. The molecule has 0 radical (unpaired) electrons. The largest absolute Gasteiger partial charge is 0.497 e. The molecule has 1 unspecified atom stereocenters. The highest BCUT2D eigenvalue weighted by Gasteiger charge is 2.67. The van der Waals surface area contributed by atoms with Crippen LogP contribution < -0.4 is 15.8 Å². The molecule has 5 aromatic rings. The summed E-state index contributed by atoms with van der Waals surface area (Å²) in [6.07, 6.45) is 6.16. The first-order valence-electron chi connectivity index (χ1n) is 15.4. The fourth-order valence-electron chi connectivity index (χ4n) is 7.36. The van der Waals surface area contributed by atoms with Gasteiger partial charge in [-0.25, -0.2) is 15.0 Å². The SMILES string of the molecule is COc1ccc(CNc2nc3cc(CCC4(C)C[C@@H](n5ccc6c(N)ncnc65)[C@@H]5OC(C)(C)O[C@@]54C)ccc3cc2Br)cc1. The standard InChI is InChI=1S/C35H39BrN6O3/c1-33(2)44-29-28(42-15-13-25-30(37)39-20-40-32(25)42)18-34(3,35(29,4)45-33)14-12-21-6-9-23-17-26(36)31(41-27(23)16-21)38-19-22-7-10-24(43-5)11-8-22/h6-11,13,15-17,20,28-29H,12,14,18-19H2,1-5H3,(H,38,41)(H2,37,39,40)/t28-,29+,34?,35+/m1/s1. The number of ether oxygens (including phenoxy) is 3. The van der Waals surface area contributed by atoms with Crippen molar-refractivity contribution in [3.63, 3.8) is 0 Å². The number of rotatable bonds is 8. The lowest BCUT2D eigenvalue weighted by Crippen LogP contribution is -2.46. The second-order valence-electron chi connectivity index (χ2n) is 13.2. The summed E-state index contributed by atoms with van der Waals surface area (Å²) >= 11 is 3.71. The van der Waals surface area contributed by atoms with Crippen LogP contribution >= 0.6 is 15.9 Å². The first-order valence-corrected chi connectivity index (χ1v) is 16.2. The van der Waals surface area contributed by atoms with Crippen molar-refractivity contribution in [3.8, 4) is 5.75 Å². The number of fused-ring (bicyclic) bond motifs is 3. The zero-order valence-electron chi connectivity index (χ0n) is 26.3. The summed E-state index contributed by atoms with van der Waals surface area (Å²) in [7, 11) is 1.68. The maximum absolute atomic E-state index is 6.78. The number of halogens is 1. The fourth-order valence-corrected chi connectivity index (χ4v) is 7.84. The Kier molecular flexibility index (Phi) is 7.30. The number of hydrogen-bond donors (Lipinski definition) is 2. The van der Waals surface area contributed by atoms with Crippen LogP contribution in [-0.2, 0) is 22.4 Å². The van der Waals surface area contributed by atoms with E-state index in [0.29, 0.717) is 12.4 Å². The van der Waals surface area contributed by atoms with Crippen LogP contribution in [0.25, 0.3) is 21.9 Å². The molecule has 10 heteroatoms. The number of benzene rings is 2. The molecule has 3 aromatic heterocycles. The minimum Gasteiger partial charge on any atom is -0.497 e. The smallest absolute Gasteiger partial charge is 0.164 e. The molecule has 3 N–H and O–H groups in total. The number of nitrogens with zero attached hydrogens (tertiary/aromatic N) is 4. The number of hydrogen-bond acceptors (Lipinski definition) is 8. The van der Waals surface area contributed by atoms with Crippen molar-refractivity contribution in [3.05, 3.63) is 82.7 Å². The van der Waals surface area contributed by atoms with E-state index in [1.165, 1.54) is 11.9 Å². The van der Waals surface area contributed by atoms with Crippen LogP contribution in [0.4, 0.5) is 11.6 Å². The maximum Gasteiger partial charge on any atom is 0.164 e. The Balaban J connectivity index is 1.13. The molecule has 0 amide bonds. The van der Waals surface area contributed by atoms with Gasteiger partial charge in [0, 0.05) is 23.5 Å². The number of pyridine rings is 1. The van der Waals surface area contributed by atoms with Gasteiger partial charge in [-0.05, 0) is 97.4 Å². The highest BCUT2D eigenvalue weighted by molar-refractivity contribution is 9.10. The monoisotopic (exact) mass is 670 g/mol. The van der Waals surface area contributed by atoms with Gasteiger partial charge in [-0.2, -0.15) is 0 Å². The molecule has 234 valence electrons. The predicted octanol–water partition coefficient (Wildman–Crippen LogP) is 7.44. The van der Waals surface area contributed by atoms with Crippen LogP contribution in [0.1, 0.15) is 57.7 Å². The maximum atomic E-state index is 6.78. The van der Waals surface area contributed by atoms with E-state index in [1.807, 2.05) is 32.0 Å². The highest BCUT2D eigenvalue weighted by atomic mass is 79.9. The van der Waals surface area contributed by atoms with Gasteiger partial charge in [0.1, 0.15) is 41.1 Å². The lowest BCUT2D eigenvalue weighted by atomic mass is 9.72. The van der Waals surface area contributed by atoms with Gasteiger partial charge in [-0.1, -0.05) is 31.2 Å². The van der Waals surface area contributed by atoms with Gasteiger partial charge < -0.3 is 29.8 Å². The van der Waals surface area contributed by atoms with E-state index in [-0.39, 0.29) is 17.6 Å². The molecule has 1 aliphatic carbocycles. The minimum atomic E-state index is -0.689.